The van der Waals surface area contributed by atoms with E-state index in [1.807, 2.05) is 0 Å². The van der Waals surface area contributed by atoms with Crippen molar-refractivity contribution < 1.29 is 14.7 Å². The summed E-state index contributed by atoms with van der Waals surface area (Å²) in [6.45, 7) is 6.78. The molecular formula is C22H28BrClN2O3. The van der Waals surface area contributed by atoms with Crippen molar-refractivity contribution in [1.29, 1.82) is 0 Å². The summed E-state index contributed by atoms with van der Waals surface area (Å²) < 4.78 is 1.16. The number of aliphatic hydroxyl groups excluding tert-OH is 1. The number of carbonyl (C=O) groups excluding carboxylic acids is 2. The quantitative estimate of drug-likeness (QED) is 0.666. The Morgan fingerprint density at radius 3 is 2.24 bits per heavy atom. The minimum absolute atomic E-state index is 0.332. The summed E-state index contributed by atoms with van der Waals surface area (Å²) in [6.07, 6.45) is 1.82. The van der Waals surface area contributed by atoms with Crippen LogP contribution in [0.3, 0.4) is 0 Å². The number of nitrogens with zero attached hydrogens (tertiary/aromatic N) is 2. The molecule has 1 fully saturated rings. The summed E-state index contributed by atoms with van der Waals surface area (Å²) >= 11 is 9.22. The van der Waals surface area contributed by atoms with Crippen molar-refractivity contribution in [2.24, 2.45) is 0 Å². The zero-order valence-corrected chi connectivity index (χ0v) is 19.4. The number of carbonyl (C=O) groups is 2. The van der Waals surface area contributed by atoms with Crippen LogP contribution in [0.25, 0.3) is 0 Å². The van der Waals surface area contributed by atoms with Crippen LogP contribution in [0.4, 0.5) is 5.69 Å². The fraction of sp³-hybridized carbons (Fsp3) is 0.364. The highest BCUT2D eigenvalue weighted by Gasteiger charge is 2.15. The number of likely N-dealkylation sites (N-methyl/N-ethyl adjacent to an activating group) is 1. The van der Waals surface area contributed by atoms with Gasteiger partial charge in [-0.2, -0.15) is 0 Å². The number of aryl methyl sites for hydroxylation is 1. The average molecular weight is 484 g/mol. The first-order valence-corrected chi connectivity index (χ1v) is 10.4. The molecule has 0 aromatic heterocycles. The van der Waals surface area contributed by atoms with Gasteiger partial charge in [-0.05, 0) is 55.4 Å². The average Bonchev–Trinajstić information content (AvgIpc) is 2.71. The predicted molar refractivity (Wildman–Crippen MR) is 123 cm³/mol. The first kappa shape index (κ1) is 25.3. The van der Waals surface area contributed by atoms with E-state index in [0.717, 1.165) is 49.6 Å². The van der Waals surface area contributed by atoms with Gasteiger partial charge >= 0.3 is 0 Å². The van der Waals surface area contributed by atoms with Crippen LogP contribution in [-0.2, 0) is 11.2 Å². The zero-order valence-electron chi connectivity index (χ0n) is 17.1. The first-order chi connectivity index (χ1) is 13.9. The van der Waals surface area contributed by atoms with Gasteiger partial charge in [-0.15, -0.1) is 0 Å². The van der Waals surface area contributed by atoms with Crippen molar-refractivity contribution in [2.45, 2.75) is 13.3 Å². The molecule has 2 aromatic rings. The molecule has 1 aliphatic heterocycles. The maximum absolute atomic E-state index is 10.3. The molecule has 0 amide bonds. The lowest BCUT2D eigenvalue weighted by Gasteiger charge is -2.34. The number of rotatable bonds is 4. The number of hydrogen-bond acceptors (Lipinski definition) is 5. The molecule has 0 atom stereocenters. The monoisotopic (exact) mass is 482 g/mol. The van der Waals surface area contributed by atoms with Crippen LogP contribution in [0.15, 0.2) is 40.9 Å². The molecule has 1 aliphatic rings. The highest BCUT2D eigenvalue weighted by atomic mass is 79.9. The number of piperazine rings is 1. The summed E-state index contributed by atoms with van der Waals surface area (Å²) in [5, 5.41) is 7.39. The van der Waals surface area contributed by atoms with Crippen molar-refractivity contribution in [2.75, 3.05) is 45.2 Å². The SMILES string of the molecule is CO.Cc1cc(Br)ccc1N1CCN(C)CC1.O=CCc1ccc(C=O)c(Cl)c1. The fourth-order valence-corrected chi connectivity index (χ4v) is 3.63. The van der Waals surface area contributed by atoms with Crippen molar-refractivity contribution >= 4 is 45.8 Å². The van der Waals surface area contributed by atoms with E-state index < -0.39 is 0 Å². The lowest BCUT2D eigenvalue weighted by molar-refractivity contribution is -0.107. The Morgan fingerprint density at radius 1 is 1.07 bits per heavy atom. The highest BCUT2D eigenvalue weighted by molar-refractivity contribution is 9.10. The van der Waals surface area contributed by atoms with E-state index in [2.05, 4.69) is 57.9 Å². The van der Waals surface area contributed by atoms with E-state index in [0.29, 0.717) is 23.3 Å². The lowest BCUT2D eigenvalue weighted by Crippen LogP contribution is -2.44. The van der Waals surface area contributed by atoms with Crippen LogP contribution in [0.2, 0.25) is 5.02 Å². The molecule has 0 radical (unpaired) electrons. The van der Waals surface area contributed by atoms with E-state index in [1.165, 1.54) is 11.3 Å². The van der Waals surface area contributed by atoms with E-state index in [-0.39, 0.29) is 0 Å². The largest absolute Gasteiger partial charge is 0.400 e. The Morgan fingerprint density at radius 2 is 1.72 bits per heavy atom. The van der Waals surface area contributed by atoms with Crippen molar-refractivity contribution in [1.82, 2.24) is 4.90 Å². The second-order valence-corrected chi connectivity index (χ2v) is 7.89. The lowest BCUT2D eigenvalue weighted by atomic mass is 10.1. The molecule has 5 nitrogen and oxygen atoms in total. The Hall–Kier alpha value is -1.73. The third-order valence-corrected chi connectivity index (χ3v) is 5.33. The van der Waals surface area contributed by atoms with E-state index in [9.17, 15) is 9.59 Å². The van der Waals surface area contributed by atoms with Gasteiger partial charge in [-0.3, -0.25) is 4.79 Å². The summed E-state index contributed by atoms with van der Waals surface area (Å²) in [7, 11) is 3.19. The molecule has 0 unspecified atom stereocenters. The number of benzene rings is 2. The van der Waals surface area contributed by atoms with Crippen LogP contribution in [0.1, 0.15) is 21.5 Å². The number of halogens is 2. The van der Waals surface area contributed by atoms with E-state index >= 15 is 0 Å². The van der Waals surface area contributed by atoms with Gasteiger partial charge in [0.2, 0.25) is 0 Å². The standard InChI is InChI=1S/C12H17BrN2.C9H7ClO2.CH4O/c1-10-9-11(13)3-4-12(10)15-7-5-14(2)6-8-15;10-9-5-7(3-4-11)1-2-8(9)6-12;1-2/h3-4,9H,5-8H2,1-2H3;1-2,4-6H,3H2;2H,1H3. The zero-order chi connectivity index (χ0) is 21.8. The minimum Gasteiger partial charge on any atom is -0.400 e. The third kappa shape index (κ3) is 8.26. The summed E-state index contributed by atoms with van der Waals surface area (Å²) in [5.41, 5.74) is 4.01. The summed E-state index contributed by atoms with van der Waals surface area (Å²) in [6, 6.07) is 11.5. The molecule has 1 saturated heterocycles. The summed E-state index contributed by atoms with van der Waals surface area (Å²) in [5.74, 6) is 0. The normalized spacial score (nSPS) is 13.5. The van der Waals surface area contributed by atoms with Crippen LogP contribution in [-0.4, -0.2) is 62.9 Å². The molecule has 1 heterocycles. The molecule has 2 aromatic carbocycles. The van der Waals surface area contributed by atoms with Gasteiger partial charge in [-0.1, -0.05) is 33.6 Å². The van der Waals surface area contributed by atoms with Crippen LogP contribution >= 0.6 is 27.5 Å². The number of hydrogen-bond donors (Lipinski definition) is 1. The molecular weight excluding hydrogens is 456 g/mol. The topological polar surface area (TPSA) is 60.9 Å². The van der Waals surface area contributed by atoms with E-state index in [1.54, 1.807) is 18.2 Å². The smallest absolute Gasteiger partial charge is 0.151 e. The summed E-state index contributed by atoms with van der Waals surface area (Å²) in [4.78, 5) is 25.3. The number of aldehydes is 2. The van der Waals surface area contributed by atoms with Gasteiger partial charge in [0.1, 0.15) is 6.29 Å². The minimum atomic E-state index is 0.332. The van der Waals surface area contributed by atoms with Gasteiger partial charge in [0, 0.05) is 55.4 Å². The van der Waals surface area contributed by atoms with Gasteiger partial charge in [-0.25, -0.2) is 0 Å². The Balaban J connectivity index is 0.000000273. The maximum Gasteiger partial charge on any atom is 0.151 e. The van der Waals surface area contributed by atoms with Crippen LogP contribution < -0.4 is 4.90 Å². The van der Waals surface area contributed by atoms with Gasteiger partial charge < -0.3 is 19.7 Å². The molecule has 7 heteroatoms. The van der Waals surface area contributed by atoms with Crippen LogP contribution in [0, 0.1) is 6.92 Å². The molecule has 158 valence electrons. The van der Waals surface area contributed by atoms with Crippen LogP contribution in [0.5, 0.6) is 0 Å². The Labute approximate surface area is 186 Å². The number of anilines is 1. The first-order valence-electron chi connectivity index (χ1n) is 9.26. The molecule has 0 spiro atoms. The van der Waals surface area contributed by atoms with E-state index in [4.69, 9.17) is 16.7 Å². The molecule has 1 N–H and O–H groups in total. The second-order valence-electron chi connectivity index (χ2n) is 6.57. The van der Waals surface area contributed by atoms with Crippen molar-refractivity contribution in [3.63, 3.8) is 0 Å². The Bertz CT molecular complexity index is 794. The molecule has 0 saturated carbocycles. The molecule has 29 heavy (non-hydrogen) atoms. The second kappa shape index (κ2) is 13.5. The number of aliphatic hydroxyl groups is 1. The molecule has 3 rings (SSSR count). The maximum atomic E-state index is 10.3. The van der Waals surface area contributed by atoms with Gasteiger partial charge in [0.25, 0.3) is 0 Å². The highest BCUT2D eigenvalue weighted by Crippen LogP contribution is 2.24. The predicted octanol–water partition coefficient (Wildman–Crippen LogP) is 4.01. The molecule has 0 bridgehead atoms. The van der Waals surface area contributed by atoms with Crippen molar-refractivity contribution in [3.8, 4) is 0 Å². The van der Waals surface area contributed by atoms with Gasteiger partial charge in [0.15, 0.2) is 6.29 Å². The molecule has 0 aliphatic carbocycles. The van der Waals surface area contributed by atoms with Crippen molar-refractivity contribution in [3.05, 3.63) is 62.6 Å². The third-order valence-electron chi connectivity index (χ3n) is 4.51. The van der Waals surface area contributed by atoms with Gasteiger partial charge in [0.05, 0.1) is 5.02 Å². The fourth-order valence-electron chi connectivity index (χ4n) is 2.91. The Kier molecular flexibility index (Phi) is 11.8.